The highest BCUT2D eigenvalue weighted by molar-refractivity contribution is 5.79. The molecule has 0 bridgehead atoms. The molecule has 4 nitrogen and oxygen atoms in total. The van der Waals surface area contributed by atoms with Gasteiger partial charge in [-0.05, 0) is 36.8 Å². The Morgan fingerprint density at radius 1 is 1.25 bits per heavy atom. The third-order valence-corrected chi connectivity index (χ3v) is 3.49. The van der Waals surface area contributed by atoms with Gasteiger partial charge in [-0.15, -0.1) is 0 Å². The minimum absolute atomic E-state index is 0.760. The molecule has 104 valence electrons. The molecule has 3 aromatic rings. The molecule has 0 amide bonds. The minimum atomic E-state index is 0.760. The summed E-state index contributed by atoms with van der Waals surface area (Å²) in [5.41, 5.74) is 8.73. The predicted octanol–water partition coefficient (Wildman–Crippen LogP) is 3.41. The number of imidazole rings is 1. The summed E-state index contributed by atoms with van der Waals surface area (Å²) in [6.07, 6.45) is 4.65. The summed E-state index contributed by atoms with van der Waals surface area (Å²) in [6, 6.07) is 9.87. The number of hydrogen-bond acceptors (Lipinski definition) is 3. The number of nitrogen functional groups attached to an aromatic ring is 1. The highest BCUT2D eigenvalue weighted by Gasteiger charge is 2.10. The molecule has 0 fully saturated rings. The van der Waals surface area contributed by atoms with Crippen molar-refractivity contribution >= 4 is 16.7 Å². The number of aromatic nitrogens is 2. The van der Waals surface area contributed by atoms with Gasteiger partial charge in [0.1, 0.15) is 11.6 Å². The maximum absolute atomic E-state index is 5.84. The summed E-state index contributed by atoms with van der Waals surface area (Å²) in [6.45, 7) is 3.05. The molecule has 0 aliphatic rings. The van der Waals surface area contributed by atoms with Gasteiger partial charge < -0.3 is 14.7 Å². The Morgan fingerprint density at radius 3 is 2.90 bits per heavy atom. The van der Waals surface area contributed by atoms with Crippen molar-refractivity contribution in [1.82, 2.24) is 9.55 Å². The largest absolute Gasteiger partial charge is 0.469 e. The molecule has 0 spiro atoms. The Kier molecular flexibility index (Phi) is 3.46. The van der Waals surface area contributed by atoms with Gasteiger partial charge in [-0.1, -0.05) is 6.92 Å². The van der Waals surface area contributed by atoms with E-state index in [4.69, 9.17) is 15.1 Å². The smallest absolute Gasteiger partial charge is 0.109 e. The molecule has 2 aromatic heterocycles. The molecule has 4 heteroatoms. The van der Waals surface area contributed by atoms with Crippen LogP contribution in [0.25, 0.3) is 11.0 Å². The van der Waals surface area contributed by atoms with Gasteiger partial charge in [-0.3, -0.25) is 0 Å². The first-order chi connectivity index (χ1) is 9.78. The van der Waals surface area contributed by atoms with E-state index in [2.05, 4.69) is 17.6 Å². The van der Waals surface area contributed by atoms with Crippen LogP contribution in [-0.2, 0) is 19.4 Å². The maximum atomic E-state index is 5.84. The highest BCUT2D eigenvalue weighted by atomic mass is 16.3. The quantitative estimate of drug-likeness (QED) is 0.722. The molecule has 3 rings (SSSR count). The summed E-state index contributed by atoms with van der Waals surface area (Å²) < 4.78 is 7.69. The lowest BCUT2D eigenvalue weighted by Gasteiger charge is -2.07. The van der Waals surface area contributed by atoms with Crippen molar-refractivity contribution in [2.45, 2.75) is 32.7 Å². The van der Waals surface area contributed by atoms with Crippen molar-refractivity contribution in [2.75, 3.05) is 5.73 Å². The second-order valence-electron chi connectivity index (χ2n) is 5.01. The van der Waals surface area contributed by atoms with Gasteiger partial charge in [0, 0.05) is 25.1 Å². The van der Waals surface area contributed by atoms with E-state index in [9.17, 15) is 0 Å². The van der Waals surface area contributed by atoms with Crippen molar-refractivity contribution < 1.29 is 4.42 Å². The van der Waals surface area contributed by atoms with E-state index in [-0.39, 0.29) is 0 Å². The first-order valence-corrected chi connectivity index (χ1v) is 7.05. The molecule has 20 heavy (non-hydrogen) atoms. The van der Waals surface area contributed by atoms with Gasteiger partial charge in [0.25, 0.3) is 0 Å². The molecule has 0 atom stereocenters. The number of nitrogens with two attached hydrogens (primary N) is 1. The van der Waals surface area contributed by atoms with Crippen LogP contribution in [0.3, 0.4) is 0 Å². The molecule has 2 heterocycles. The normalized spacial score (nSPS) is 11.2. The van der Waals surface area contributed by atoms with E-state index < -0.39 is 0 Å². The van der Waals surface area contributed by atoms with Crippen LogP contribution < -0.4 is 5.73 Å². The summed E-state index contributed by atoms with van der Waals surface area (Å²) in [5.74, 6) is 2.13. The number of aryl methyl sites for hydroxylation is 3. The molecular formula is C16H19N3O. The second-order valence-corrected chi connectivity index (χ2v) is 5.01. The molecule has 0 aliphatic heterocycles. The van der Waals surface area contributed by atoms with Crippen molar-refractivity contribution in [3.63, 3.8) is 0 Å². The van der Waals surface area contributed by atoms with Crippen LogP contribution >= 0.6 is 0 Å². The monoisotopic (exact) mass is 269 g/mol. The van der Waals surface area contributed by atoms with E-state index >= 15 is 0 Å². The number of rotatable bonds is 5. The van der Waals surface area contributed by atoms with Gasteiger partial charge >= 0.3 is 0 Å². The van der Waals surface area contributed by atoms with Crippen molar-refractivity contribution in [2.24, 2.45) is 0 Å². The highest BCUT2D eigenvalue weighted by Crippen LogP contribution is 2.20. The Balaban J connectivity index is 1.95. The first-order valence-electron chi connectivity index (χ1n) is 7.05. The van der Waals surface area contributed by atoms with Crippen LogP contribution in [0.1, 0.15) is 24.9 Å². The van der Waals surface area contributed by atoms with Crippen molar-refractivity contribution in [1.29, 1.82) is 0 Å². The summed E-state index contributed by atoms with van der Waals surface area (Å²) in [7, 11) is 0. The van der Waals surface area contributed by atoms with Crippen molar-refractivity contribution in [3.05, 3.63) is 48.2 Å². The molecule has 2 N–H and O–H groups in total. The van der Waals surface area contributed by atoms with Gasteiger partial charge in [0.15, 0.2) is 0 Å². The molecule has 0 saturated heterocycles. The van der Waals surface area contributed by atoms with Crippen LogP contribution in [0.4, 0.5) is 5.69 Å². The van der Waals surface area contributed by atoms with Crippen LogP contribution in [0, 0.1) is 0 Å². The fourth-order valence-electron chi connectivity index (χ4n) is 2.54. The number of hydrogen-bond donors (Lipinski definition) is 1. The van der Waals surface area contributed by atoms with Crippen LogP contribution in [-0.4, -0.2) is 9.55 Å². The van der Waals surface area contributed by atoms with Crippen molar-refractivity contribution in [3.8, 4) is 0 Å². The van der Waals surface area contributed by atoms with Crippen LogP contribution in [0.2, 0.25) is 0 Å². The number of fused-ring (bicyclic) bond motifs is 1. The number of benzene rings is 1. The summed E-state index contributed by atoms with van der Waals surface area (Å²) in [5, 5.41) is 0. The van der Waals surface area contributed by atoms with E-state index in [1.165, 1.54) is 0 Å². The SMILES string of the molecule is CCCc1nc2cc(N)ccc2n1CCc1ccco1. The van der Waals surface area contributed by atoms with Crippen LogP contribution in [0.5, 0.6) is 0 Å². The standard InChI is InChI=1S/C16H19N3O/c1-2-4-16-18-14-11-12(17)6-7-15(14)19(16)9-8-13-5-3-10-20-13/h3,5-7,10-11H,2,4,8-9,17H2,1H3. The summed E-state index contributed by atoms with van der Waals surface area (Å²) in [4.78, 5) is 4.72. The fourth-order valence-corrected chi connectivity index (χ4v) is 2.54. The average Bonchev–Trinajstić information content (AvgIpc) is 3.04. The van der Waals surface area contributed by atoms with E-state index in [0.29, 0.717) is 0 Å². The molecule has 0 unspecified atom stereocenters. The number of anilines is 1. The molecule has 1 aromatic carbocycles. The van der Waals surface area contributed by atoms with Gasteiger partial charge in [0.05, 0.1) is 17.3 Å². The lowest BCUT2D eigenvalue weighted by molar-refractivity contribution is 0.490. The maximum Gasteiger partial charge on any atom is 0.109 e. The fraction of sp³-hybridized carbons (Fsp3) is 0.312. The summed E-state index contributed by atoms with van der Waals surface area (Å²) >= 11 is 0. The zero-order chi connectivity index (χ0) is 13.9. The van der Waals surface area contributed by atoms with E-state index in [1.807, 2.05) is 24.3 Å². The number of furan rings is 1. The number of nitrogens with zero attached hydrogens (tertiary/aromatic N) is 2. The average molecular weight is 269 g/mol. The van der Waals surface area contributed by atoms with Gasteiger partial charge in [0.2, 0.25) is 0 Å². The molecule has 0 aliphatic carbocycles. The lowest BCUT2D eigenvalue weighted by Crippen LogP contribution is -2.06. The van der Waals surface area contributed by atoms with Gasteiger partial charge in [-0.25, -0.2) is 4.98 Å². The van der Waals surface area contributed by atoms with Gasteiger partial charge in [-0.2, -0.15) is 0 Å². The first kappa shape index (κ1) is 12.8. The molecular weight excluding hydrogens is 250 g/mol. The third-order valence-electron chi connectivity index (χ3n) is 3.49. The Bertz CT molecular complexity index is 698. The topological polar surface area (TPSA) is 57.0 Å². The zero-order valence-electron chi connectivity index (χ0n) is 11.7. The minimum Gasteiger partial charge on any atom is -0.469 e. The molecule has 0 saturated carbocycles. The Hall–Kier alpha value is -2.23. The predicted molar refractivity (Wildman–Crippen MR) is 80.6 cm³/mol. The van der Waals surface area contributed by atoms with E-state index in [1.54, 1.807) is 6.26 Å². The zero-order valence-corrected chi connectivity index (χ0v) is 11.7. The molecule has 0 radical (unpaired) electrons. The Labute approximate surface area is 118 Å². The third kappa shape index (κ3) is 2.41. The lowest BCUT2D eigenvalue weighted by atomic mass is 10.2. The van der Waals surface area contributed by atoms with E-state index in [0.717, 1.165) is 54.1 Å². The second kappa shape index (κ2) is 5.41. The van der Waals surface area contributed by atoms with Crippen LogP contribution in [0.15, 0.2) is 41.0 Å². The Morgan fingerprint density at radius 2 is 2.15 bits per heavy atom.